The number of rotatable bonds is 7. The number of nitrogens with zero attached hydrogens (tertiary/aromatic N) is 3. The Morgan fingerprint density at radius 3 is 2.71 bits per heavy atom. The number of aromatic nitrogens is 3. The van der Waals surface area contributed by atoms with Crippen LogP contribution in [0.3, 0.4) is 0 Å². The van der Waals surface area contributed by atoms with Crippen molar-refractivity contribution in [3.63, 3.8) is 0 Å². The number of nitrogens with one attached hydrogen (secondary N) is 3. The Labute approximate surface area is 163 Å². The monoisotopic (exact) mass is 380 g/mol. The summed E-state index contributed by atoms with van der Waals surface area (Å²) < 4.78 is 1.83. The zero-order valence-corrected chi connectivity index (χ0v) is 16.0. The molecule has 3 aromatic rings. The number of fused-ring (bicyclic) bond motifs is 1. The first-order chi connectivity index (χ1) is 13.6. The maximum absolute atomic E-state index is 12.1. The van der Waals surface area contributed by atoms with Gasteiger partial charge < -0.3 is 16.0 Å². The van der Waals surface area contributed by atoms with Crippen LogP contribution in [0.25, 0.3) is 11.0 Å². The van der Waals surface area contributed by atoms with Crippen LogP contribution in [0.15, 0.2) is 42.5 Å². The second kappa shape index (κ2) is 8.98. The van der Waals surface area contributed by atoms with Crippen molar-refractivity contribution in [3.8, 4) is 0 Å². The van der Waals surface area contributed by atoms with E-state index in [1.807, 2.05) is 42.8 Å². The van der Waals surface area contributed by atoms with E-state index >= 15 is 0 Å². The Hall–Kier alpha value is -3.42. The first kappa shape index (κ1) is 19.3. The Morgan fingerprint density at radius 2 is 1.93 bits per heavy atom. The number of para-hydroxylation sites is 1. The minimum atomic E-state index is -0.280. The smallest absolute Gasteiger partial charge is 0.319 e. The van der Waals surface area contributed by atoms with Crippen molar-refractivity contribution in [1.82, 2.24) is 25.6 Å². The molecule has 1 heterocycles. The zero-order chi connectivity index (χ0) is 19.9. The molecule has 0 unspecified atom stereocenters. The Morgan fingerprint density at radius 1 is 1.11 bits per heavy atom. The van der Waals surface area contributed by atoms with Crippen LogP contribution < -0.4 is 16.0 Å². The fourth-order valence-electron chi connectivity index (χ4n) is 2.89. The van der Waals surface area contributed by atoms with Crippen molar-refractivity contribution in [2.75, 3.05) is 18.4 Å². The lowest BCUT2D eigenvalue weighted by atomic mass is 10.1. The standard InChI is InChI=1S/C20H24N6O2/c1-3-21-19(27)15-9-10-16(14(2)13-15)23-20(28)22-11-6-12-26-18-8-5-4-7-17(18)24-25-26/h4-5,7-10,13H,3,6,11-12H2,1-2H3,(H,21,27)(H2,22,23,28). The minimum Gasteiger partial charge on any atom is -0.352 e. The normalized spacial score (nSPS) is 10.6. The molecule has 0 saturated heterocycles. The third-order valence-corrected chi connectivity index (χ3v) is 4.33. The number of hydrogen-bond acceptors (Lipinski definition) is 4. The van der Waals surface area contributed by atoms with Crippen molar-refractivity contribution < 1.29 is 9.59 Å². The Balaban J connectivity index is 1.47. The van der Waals surface area contributed by atoms with E-state index in [9.17, 15) is 9.59 Å². The summed E-state index contributed by atoms with van der Waals surface area (Å²) in [6.07, 6.45) is 0.732. The Kier molecular flexibility index (Phi) is 6.21. The summed E-state index contributed by atoms with van der Waals surface area (Å²) in [5.74, 6) is -0.123. The van der Waals surface area contributed by atoms with Crippen LogP contribution in [0.1, 0.15) is 29.3 Å². The summed E-state index contributed by atoms with van der Waals surface area (Å²) in [6.45, 7) is 5.48. The van der Waals surface area contributed by atoms with Gasteiger partial charge >= 0.3 is 6.03 Å². The molecule has 3 amide bonds. The SMILES string of the molecule is CCNC(=O)c1ccc(NC(=O)NCCCn2nnc3ccccc32)c(C)c1. The van der Waals surface area contributed by atoms with E-state index in [1.54, 1.807) is 18.2 Å². The molecular formula is C20H24N6O2. The highest BCUT2D eigenvalue weighted by Crippen LogP contribution is 2.16. The fraction of sp³-hybridized carbons (Fsp3) is 0.300. The quantitative estimate of drug-likeness (QED) is 0.549. The Bertz CT molecular complexity index is 982. The molecule has 3 rings (SSSR count). The first-order valence-corrected chi connectivity index (χ1v) is 9.30. The lowest BCUT2D eigenvalue weighted by Gasteiger charge is -2.11. The highest BCUT2D eigenvalue weighted by Gasteiger charge is 2.09. The maximum Gasteiger partial charge on any atom is 0.319 e. The van der Waals surface area contributed by atoms with Gasteiger partial charge in [-0.25, -0.2) is 9.48 Å². The first-order valence-electron chi connectivity index (χ1n) is 9.30. The predicted molar refractivity (Wildman–Crippen MR) is 108 cm³/mol. The van der Waals surface area contributed by atoms with Gasteiger partial charge in [-0.1, -0.05) is 17.3 Å². The second-order valence-electron chi connectivity index (χ2n) is 6.42. The molecule has 0 aliphatic carbocycles. The molecule has 0 radical (unpaired) electrons. The number of carbonyl (C=O) groups is 2. The molecule has 3 N–H and O–H groups in total. The summed E-state index contributed by atoms with van der Waals surface area (Å²) in [5, 5.41) is 16.7. The van der Waals surface area contributed by atoms with Gasteiger partial charge in [0.05, 0.1) is 5.52 Å². The van der Waals surface area contributed by atoms with Crippen molar-refractivity contribution in [3.05, 3.63) is 53.6 Å². The molecule has 8 nitrogen and oxygen atoms in total. The van der Waals surface area contributed by atoms with Crippen LogP contribution in [0.4, 0.5) is 10.5 Å². The number of anilines is 1. The van der Waals surface area contributed by atoms with Gasteiger partial charge in [0, 0.05) is 30.9 Å². The predicted octanol–water partition coefficient (Wildman–Crippen LogP) is 2.70. The van der Waals surface area contributed by atoms with Gasteiger partial charge in [-0.15, -0.1) is 5.10 Å². The van der Waals surface area contributed by atoms with Crippen molar-refractivity contribution >= 4 is 28.7 Å². The van der Waals surface area contributed by atoms with Crippen LogP contribution in [-0.2, 0) is 6.54 Å². The lowest BCUT2D eigenvalue weighted by Crippen LogP contribution is -2.30. The summed E-state index contributed by atoms with van der Waals surface area (Å²) in [7, 11) is 0. The zero-order valence-electron chi connectivity index (χ0n) is 16.0. The van der Waals surface area contributed by atoms with Gasteiger partial charge in [0.1, 0.15) is 5.52 Å². The number of hydrogen-bond donors (Lipinski definition) is 3. The molecule has 8 heteroatoms. The second-order valence-corrected chi connectivity index (χ2v) is 6.42. The van der Waals surface area contributed by atoms with Crippen molar-refractivity contribution in [2.24, 2.45) is 0 Å². The molecule has 0 aliphatic heterocycles. The summed E-state index contributed by atoms with van der Waals surface area (Å²) >= 11 is 0. The molecule has 146 valence electrons. The van der Waals surface area contributed by atoms with Gasteiger partial charge in [-0.2, -0.15) is 0 Å². The number of aryl methyl sites for hydroxylation is 2. The fourth-order valence-corrected chi connectivity index (χ4v) is 2.89. The van der Waals surface area contributed by atoms with E-state index in [0.717, 1.165) is 23.0 Å². The summed E-state index contributed by atoms with van der Waals surface area (Å²) in [5.41, 5.74) is 3.92. The van der Waals surface area contributed by atoms with E-state index in [0.29, 0.717) is 30.9 Å². The summed E-state index contributed by atoms with van der Waals surface area (Å²) in [6, 6.07) is 12.7. The van der Waals surface area contributed by atoms with Gasteiger partial charge in [-0.05, 0) is 56.2 Å². The number of amides is 3. The van der Waals surface area contributed by atoms with Gasteiger partial charge in [0.2, 0.25) is 0 Å². The lowest BCUT2D eigenvalue weighted by molar-refractivity contribution is 0.0955. The third-order valence-electron chi connectivity index (χ3n) is 4.33. The number of urea groups is 1. The van der Waals surface area contributed by atoms with Crippen LogP contribution in [0.2, 0.25) is 0 Å². The maximum atomic E-state index is 12.1. The van der Waals surface area contributed by atoms with E-state index < -0.39 is 0 Å². The van der Waals surface area contributed by atoms with E-state index in [-0.39, 0.29) is 11.9 Å². The minimum absolute atomic E-state index is 0.123. The largest absolute Gasteiger partial charge is 0.352 e. The number of benzene rings is 2. The van der Waals surface area contributed by atoms with Crippen LogP contribution >= 0.6 is 0 Å². The number of carbonyl (C=O) groups excluding carboxylic acids is 2. The molecule has 28 heavy (non-hydrogen) atoms. The van der Waals surface area contributed by atoms with Gasteiger partial charge in [0.15, 0.2) is 0 Å². The summed E-state index contributed by atoms with van der Waals surface area (Å²) in [4.78, 5) is 24.0. The van der Waals surface area contributed by atoms with E-state index in [4.69, 9.17) is 0 Å². The van der Waals surface area contributed by atoms with Crippen LogP contribution in [-0.4, -0.2) is 40.0 Å². The van der Waals surface area contributed by atoms with Gasteiger partial charge in [0.25, 0.3) is 5.91 Å². The van der Waals surface area contributed by atoms with Crippen molar-refractivity contribution in [1.29, 1.82) is 0 Å². The molecule has 0 fully saturated rings. The highest BCUT2D eigenvalue weighted by molar-refractivity contribution is 5.96. The van der Waals surface area contributed by atoms with E-state index in [2.05, 4.69) is 26.3 Å². The third kappa shape index (κ3) is 4.64. The molecule has 1 aromatic heterocycles. The molecule has 0 atom stereocenters. The van der Waals surface area contributed by atoms with Crippen molar-refractivity contribution in [2.45, 2.75) is 26.8 Å². The molecular weight excluding hydrogens is 356 g/mol. The molecule has 2 aromatic carbocycles. The molecule has 0 aliphatic rings. The molecule has 0 bridgehead atoms. The molecule has 0 spiro atoms. The average molecular weight is 380 g/mol. The molecule has 0 saturated carbocycles. The average Bonchev–Trinajstić information content (AvgIpc) is 3.10. The van der Waals surface area contributed by atoms with E-state index in [1.165, 1.54) is 0 Å². The highest BCUT2D eigenvalue weighted by atomic mass is 16.2. The van der Waals surface area contributed by atoms with Gasteiger partial charge in [-0.3, -0.25) is 4.79 Å². The van der Waals surface area contributed by atoms with Crippen LogP contribution in [0.5, 0.6) is 0 Å². The van der Waals surface area contributed by atoms with Crippen LogP contribution in [0, 0.1) is 6.92 Å². The topological polar surface area (TPSA) is 101 Å².